The summed E-state index contributed by atoms with van der Waals surface area (Å²) in [7, 11) is 0. The van der Waals surface area contributed by atoms with Crippen LogP contribution in [0.5, 0.6) is 5.75 Å². The molecule has 114 valence electrons. The Labute approximate surface area is 132 Å². The maximum Gasteiger partial charge on any atom is 0.124 e. The molecule has 0 radical (unpaired) electrons. The van der Waals surface area contributed by atoms with Crippen LogP contribution in [0.4, 0.5) is 0 Å². The molecule has 0 amide bonds. The number of aliphatic hydroxyl groups is 1. The molecule has 2 rings (SSSR count). The van der Waals surface area contributed by atoms with Crippen molar-refractivity contribution in [1.82, 2.24) is 5.32 Å². The van der Waals surface area contributed by atoms with E-state index >= 15 is 0 Å². The van der Waals surface area contributed by atoms with E-state index in [9.17, 15) is 5.11 Å². The molecule has 3 nitrogen and oxygen atoms in total. The van der Waals surface area contributed by atoms with E-state index in [0.29, 0.717) is 19.7 Å². The minimum absolute atomic E-state index is 0. The lowest BCUT2D eigenvalue weighted by atomic mass is 10.2. The topological polar surface area (TPSA) is 41.5 Å². The summed E-state index contributed by atoms with van der Waals surface area (Å²) in [4.78, 5) is 0. The third-order valence-electron chi connectivity index (χ3n) is 2.96. The third kappa shape index (κ3) is 6.17. The average Bonchev–Trinajstić information content (AvgIpc) is 2.47. The van der Waals surface area contributed by atoms with Gasteiger partial charge in [0.15, 0.2) is 0 Å². The van der Waals surface area contributed by atoms with Crippen molar-refractivity contribution in [2.45, 2.75) is 26.2 Å². The Morgan fingerprint density at radius 2 is 1.71 bits per heavy atom. The van der Waals surface area contributed by atoms with E-state index in [0.717, 1.165) is 16.9 Å². The maximum atomic E-state index is 9.26. The van der Waals surface area contributed by atoms with E-state index in [1.54, 1.807) is 6.92 Å². The predicted molar refractivity (Wildman–Crippen MR) is 87.9 cm³/mol. The molecular weight excluding hydrogens is 286 g/mol. The van der Waals surface area contributed by atoms with E-state index < -0.39 is 0 Å². The summed E-state index contributed by atoms with van der Waals surface area (Å²) in [6.45, 7) is 3.60. The highest BCUT2D eigenvalue weighted by atomic mass is 35.5. The molecule has 0 aromatic heterocycles. The van der Waals surface area contributed by atoms with Gasteiger partial charge in [0.2, 0.25) is 0 Å². The second kappa shape index (κ2) is 9.40. The van der Waals surface area contributed by atoms with Gasteiger partial charge in [-0.3, -0.25) is 0 Å². The van der Waals surface area contributed by atoms with Gasteiger partial charge in [0.25, 0.3) is 0 Å². The molecule has 0 bridgehead atoms. The molecule has 0 saturated carbocycles. The van der Waals surface area contributed by atoms with E-state index in [1.807, 2.05) is 54.6 Å². The van der Waals surface area contributed by atoms with Gasteiger partial charge in [-0.2, -0.15) is 0 Å². The van der Waals surface area contributed by atoms with Crippen molar-refractivity contribution in [3.8, 4) is 5.75 Å². The fourth-order valence-corrected chi connectivity index (χ4v) is 1.94. The second-order valence-electron chi connectivity index (χ2n) is 4.86. The molecule has 0 aliphatic heterocycles. The molecule has 2 N–H and O–H groups in total. The van der Waals surface area contributed by atoms with Crippen molar-refractivity contribution >= 4 is 12.4 Å². The van der Waals surface area contributed by atoms with Crippen molar-refractivity contribution in [2.75, 3.05) is 6.54 Å². The molecule has 21 heavy (non-hydrogen) atoms. The van der Waals surface area contributed by atoms with E-state index in [1.165, 1.54) is 0 Å². The van der Waals surface area contributed by atoms with E-state index in [2.05, 4.69) is 5.32 Å². The molecule has 2 aromatic rings. The van der Waals surface area contributed by atoms with Gasteiger partial charge in [-0.05, 0) is 18.6 Å². The summed E-state index contributed by atoms with van der Waals surface area (Å²) in [6.07, 6.45) is -0.340. The smallest absolute Gasteiger partial charge is 0.124 e. The third-order valence-corrected chi connectivity index (χ3v) is 2.96. The number of hydrogen-bond donors (Lipinski definition) is 2. The van der Waals surface area contributed by atoms with Crippen LogP contribution in [-0.4, -0.2) is 17.8 Å². The SMILES string of the molecule is CC(O)CNCc1ccccc1OCc1ccccc1.Cl. The highest BCUT2D eigenvalue weighted by Crippen LogP contribution is 2.19. The van der Waals surface area contributed by atoms with Crippen LogP contribution in [0.3, 0.4) is 0 Å². The van der Waals surface area contributed by atoms with Crippen LogP contribution in [0.15, 0.2) is 54.6 Å². The van der Waals surface area contributed by atoms with Crippen LogP contribution in [0.2, 0.25) is 0 Å². The highest BCUT2D eigenvalue weighted by Gasteiger charge is 2.04. The quantitative estimate of drug-likeness (QED) is 0.825. The molecule has 4 heteroatoms. The van der Waals surface area contributed by atoms with Gasteiger partial charge in [-0.1, -0.05) is 48.5 Å². The predicted octanol–water partition coefficient (Wildman–Crippen LogP) is 3.16. The molecule has 2 aromatic carbocycles. The lowest BCUT2D eigenvalue weighted by Gasteiger charge is -2.13. The van der Waals surface area contributed by atoms with Crippen LogP contribution < -0.4 is 10.1 Å². The average molecular weight is 308 g/mol. The number of benzene rings is 2. The standard InChI is InChI=1S/C17H21NO2.ClH/c1-14(19)11-18-12-16-9-5-6-10-17(16)20-13-15-7-3-2-4-8-15;/h2-10,14,18-19H,11-13H2,1H3;1H. The van der Waals surface area contributed by atoms with Crippen molar-refractivity contribution in [1.29, 1.82) is 0 Å². The zero-order valence-corrected chi connectivity index (χ0v) is 13.0. The Balaban J connectivity index is 0.00000220. The van der Waals surface area contributed by atoms with E-state index in [-0.39, 0.29) is 18.5 Å². The van der Waals surface area contributed by atoms with Crippen molar-refractivity contribution in [3.05, 3.63) is 65.7 Å². The highest BCUT2D eigenvalue weighted by molar-refractivity contribution is 5.85. The van der Waals surface area contributed by atoms with Crippen molar-refractivity contribution < 1.29 is 9.84 Å². The molecular formula is C17H22ClNO2. The van der Waals surface area contributed by atoms with Crippen molar-refractivity contribution in [2.24, 2.45) is 0 Å². The molecule has 0 aliphatic rings. The summed E-state index contributed by atoms with van der Waals surface area (Å²) in [5, 5.41) is 12.5. The molecule has 1 unspecified atom stereocenters. The summed E-state index contributed by atoms with van der Waals surface area (Å²) in [6, 6.07) is 18.1. The summed E-state index contributed by atoms with van der Waals surface area (Å²) < 4.78 is 5.88. The first-order chi connectivity index (χ1) is 9.75. The lowest BCUT2D eigenvalue weighted by molar-refractivity contribution is 0.190. The first-order valence-electron chi connectivity index (χ1n) is 6.89. The number of hydrogen-bond acceptors (Lipinski definition) is 3. The van der Waals surface area contributed by atoms with Crippen LogP contribution in [0, 0.1) is 0 Å². The molecule has 0 saturated heterocycles. The minimum Gasteiger partial charge on any atom is -0.489 e. The number of nitrogens with one attached hydrogen (secondary N) is 1. The second-order valence-corrected chi connectivity index (χ2v) is 4.86. The Kier molecular flexibility index (Phi) is 7.83. The van der Waals surface area contributed by atoms with Gasteiger partial charge in [-0.25, -0.2) is 0 Å². The molecule has 0 spiro atoms. The number of aliphatic hydroxyl groups excluding tert-OH is 1. The van der Waals surface area contributed by atoms with Gasteiger partial charge >= 0.3 is 0 Å². The van der Waals surface area contributed by atoms with Gasteiger partial charge in [0.05, 0.1) is 6.10 Å². The first kappa shape index (κ1) is 17.5. The summed E-state index contributed by atoms with van der Waals surface area (Å²) in [5.41, 5.74) is 2.25. The van der Waals surface area contributed by atoms with Crippen LogP contribution in [0.1, 0.15) is 18.1 Å². The Bertz CT molecular complexity index is 517. The largest absolute Gasteiger partial charge is 0.489 e. The Hall–Kier alpha value is -1.55. The van der Waals surface area contributed by atoms with Crippen LogP contribution >= 0.6 is 12.4 Å². The van der Waals surface area contributed by atoms with E-state index in [4.69, 9.17) is 4.74 Å². The Morgan fingerprint density at radius 3 is 2.43 bits per heavy atom. The molecule has 0 heterocycles. The minimum atomic E-state index is -0.340. The zero-order valence-electron chi connectivity index (χ0n) is 12.2. The summed E-state index contributed by atoms with van der Waals surface area (Å²) in [5.74, 6) is 0.884. The van der Waals surface area contributed by atoms with Crippen LogP contribution in [0.25, 0.3) is 0 Å². The molecule has 1 atom stereocenters. The molecule has 0 aliphatic carbocycles. The van der Waals surface area contributed by atoms with Gasteiger partial charge in [-0.15, -0.1) is 12.4 Å². The fourth-order valence-electron chi connectivity index (χ4n) is 1.94. The number of halogens is 1. The maximum absolute atomic E-state index is 9.26. The number of ether oxygens (including phenoxy) is 1. The fraction of sp³-hybridized carbons (Fsp3) is 0.294. The Morgan fingerprint density at radius 1 is 1.05 bits per heavy atom. The lowest BCUT2D eigenvalue weighted by Crippen LogP contribution is -2.24. The molecule has 0 fully saturated rings. The van der Waals surface area contributed by atoms with Gasteiger partial charge < -0.3 is 15.2 Å². The zero-order chi connectivity index (χ0) is 14.2. The van der Waals surface area contributed by atoms with Gasteiger partial charge in [0, 0.05) is 18.7 Å². The first-order valence-corrected chi connectivity index (χ1v) is 6.89. The number of rotatable bonds is 7. The van der Waals surface area contributed by atoms with Crippen LogP contribution in [-0.2, 0) is 13.2 Å². The normalized spacial score (nSPS) is 11.5. The monoisotopic (exact) mass is 307 g/mol. The summed E-state index contributed by atoms with van der Waals surface area (Å²) >= 11 is 0. The van der Waals surface area contributed by atoms with Crippen molar-refractivity contribution in [3.63, 3.8) is 0 Å². The van der Waals surface area contributed by atoms with Gasteiger partial charge in [0.1, 0.15) is 12.4 Å². The number of para-hydroxylation sites is 1.